The first-order chi connectivity index (χ1) is 71.9. The highest BCUT2D eigenvalue weighted by molar-refractivity contribution is 6.64. The van der Waals surface area contributed by atoms with Crippen LogP contribution in [0.1, 0.15) is 221 Å². The Hall–Kier alpha value is -7.40. The quantitative estimate of drug-likeness (QED) is 0.0184. The van der Waals surface area contributed by atoms with Gasteiger partial charge in [-0.1, -0.05) is 72.8 Å². The Morgan fingerprint density at radius 2 is 0.622 bits per heavy atom. The van der Waals surface area contributed by atoms with Crippen LogP contribution in [0.25, 0.3) is 0 Å². The van der Waals surface area contributed by atoms with Crippen LogP contribution in [0.5, 0.6) is 0 Å². The predicted octanol–water partition coefficient (Wildman–Crippen LogP) is 14.2. The van der Waals surface area contributed by atoms with Crippen molar-refractivity contribution >= 4 is 88.1 Å². The van der Waals surface area contributed by atoms with Crippen LogP contribution in [0.4, 0.5) is 30.7 Å². The number of benzene rings is 8. The molecule has 8 unspecified atom stereocenters. The van der Waals surface area contributed by atoms with Crippen molar-refractivity contribution in [3.63, 3.8) is 0 Å². The highest BCUT2D eigenvalue weighted by atomic mass is 19.2. The average molecular weight is 2070 g/mol. The Labute approximate surface area is 869 Å². The molecule has 0 aliphatic carbocycles. The number of rotatable bonds is 38. The van der Waals surface area contributed by atoms with E-state index < -0.39 is 55.6 Å². The summed E-state index contributed by atoms with van der Waals surface area (Å²) in [5.74, 6) is -2.27. The van der Waals surface area contributed by atoms with Gasteiger partial charge in [0.1, 0.15) is 40.7 Å². The second kappa shape index (κ2) is 67.3. The van der Waals surface area contributed by atoms with Crippen LogP contribution in [-0.2, 0) is 164 Å². The van der Waals surface area contributed by atoms with Gasteiger partial charge in [0.15, 0.2) is 44.0 Å². The van der Waals surface area contributed by atoms with Crippen LogP contribution in [0.15, 0.2) is 158 Å². The Morgan fingerprint density at radius 3 is 0.959 bits per heavy atom. The summed E-state index contributed by atoms with van der Waals surface area (Å²) in [6, 6.07) is 40.8. The Kier molecular flexibility index (Phi) is 55.0. The molecule has 0 saturated carbocycles. The third-order valence-electron chi connectivity index (χ3n) is 24.8. The van der Waals surface area contributed by atoms with Crippen molar-refractivity contribution in [1.82, 2.24) is 0 Å². The Balaban J connectivity index is 0.000000165. The van der Waals surface area contributed by atoms with Crippen molar-refractivity contribution in [2.75, 3.05) is 101 Å². The number of ether oxygens (including phenoxy) is 14. The minimum atomic E-state index is -1.63. The van der Waals surface area contributed by atoms with Crippen molar-refractivity contribution in [2.24, 2.45) is 0 Å². The van der Waals surface area contributed by atoms with E-state index >= 15 is 0 Å². The van der Waals surface area contributed by atoms with Crippen LogP contribution >= 0.6 is 0 Å². The molecule has 9 heterocycles. The fourth-order valence-electron chi connectivity index (χ4n) is 17.1. The van der Waals surface area contributed by atoms with Gasteiger partial charge in [-0.05, 0) is 338 Å². The van der Waals surface area contributed by atoms with Gasteiger partial charge in [-0.2, -0.15) is 0 Å². The zero-order valence-corrected chi connectivity index (χ0v) is 86.6. The first kappa shape index (κ1) is 121. The fraction of sp³-hybridized carbons (Fsp3) is 0.547. The molecule has 0 aromatic heterocycles. The molecule has 0 amide bonds. The number of halogens is 7. The summed E-state index contributed by atoms with van der Waals surface area (Å²) in [5.41, 5.74) is 10.5. The second-order valence-corrected chi connectivity index (χ2v) is 36.9. The molecule has 28 nitrogen and oxygen atoms in total. The van der Waals surface area contributed by atoms with Crippen molar-refractivity contribution in [1.29, 1.82) is 0 Å². The minimum absolute atomic E-state index is 0.00532. The third-order valence-corrected chi connectivity index (χ3v) is 24.8. The highest BCUT2D eigenvalue weighted by Gasteiger charge is 2.38. The lowest BCUT2D eigenvalue weighted by atomic mass is 9.75. The van der Waals surface area contributed by atoms with Crippen molar-refractivity contribution in [3.05, 3.63) is 243 Å². The molecule has 9 fully saturated rings. The molecule has 148 heavy (non-hydrogen) atoms. The minimum Gasteiger partial charge on any atom is -0.423 e. The first-order valence-electron chi connectivity index (χ1n) is 51.7. The molecule has 8 aromatic rings. The third kappa shape index (κ3) is 42.5. The summed E-state index contributed by atoms with van der Waals surface area (Å²) in [6.07, 6.45) is 18.2. The molecule has 806 valence electrons. The monoisotopic (exact) mass is 2080 g/mol. The number of hydrogen-bond donors (Lipinski definition) is 3. The molecule has 8 aromatic carbocycles. The van der Waals surface area contributed by atoms with E-state index in [9.17, 15) is 45.8 Å². The zero-order valence-electron chi connectivity index (χ0n) is 86.6. The maximum absolute atomic E-state index is 13.8. The van der Waals surface area contributed by atoms with E-state index in [0.717, 1.165) is 203 Å². The molecule has 0 radical (unpaired) electrons. The largest absolute Gasteiger partial charge is 0.494 e. The summed E-state index contributed by atoms with van der Waals surface area (Å²) in [6.45, 7) is 21.0. The van der Waals surface area contributed by atoms with E-state index in [2.05, 4.69) is 0 Å². The van der Waals surface area contributed by atoms with Crippen molar-refractivity contribution in [3.8, 4) is 0 Å². The molecular weight excluding hydrogens is 1930 g/mol. The van der Waals surface area contributed by atoms with Crippen LogP contribution in [0.2, 0.25) is 0 Å². The summed E-state index contributed by atoms with van der Waals surface area (Å²) in [7, 11) is -0.676. The van der Waals surface area contributed by atoms with Gasteiger partial charge in [-0.15, -0.1) is 0 Å². The lowest BCUT2D eigenvalue weighted by molar-refractivity contribution is -0.169. The van der Waals surface area contributed by atoms with Gasteiger partial charge in [0.05, 0.1) is 72.2 Å². The highest BCUT2D eigenvalue weighted by Crippen LogP contribution is 2.29. The van der Waals surface area contributed by atoms with Gasteiger partial charge in [-0.25, -0.2) is 30.7 Å². The van der Waals surface area contributed by atoms with Crippen LogP contribution in [-0.4, -0.2) is 222 Å². The SMILES string of the molecule is CC(C)OB(OC(C)C)c1ccc(F)cc1COC1CCCCO1.CCOC(C)OCc1cc(F)ccc1B1OCCCCO1.COB(O)c1ccc(F)cc1COC1CCCCO1.COB(OC)c1ccc(F)cc1COC1CCCCO1.Fc1ccc(B2OCC(c3ccccc3)O2)c(COC2CCCCO2)c1.Fc1ccc(B2OCCO2)c(COC2CCCCO2)c1.OB(O)c1ccc(F)cc1COC1CCCCO1. The molecule has 0 bridgehead atoms. The average Bonchev–Trinajstić information content (AvgIpc) is 1.67. The van der Waals surface area contributed by atoms with Crippen LogP contribution < -0.4 is 38.2 Å². The van der Waals surface area contributed by atoms with Crippen molar-refractivity contribution < 1.29 is 163 Å². The molecule has 42 heteroatoms. The molecule has 9 saturated heterocycles. The molecule has 8 atom stereocenters. The summed E-state index contributed by atoms with van der Waals surface area (Å²) >= 11 is 0. The second-order valence-electron chi connectivity index (χ2n) is 36.9. The van der Waals surface area contributed by atoms with E-state index in [0.29, 0.717) is 88.2 Å². The van der Waals surface area contributed by atoms with E-state index in [1.54, 1.807) is 44.6 Å². The predicted molar refractivity (Wildman–Crippen MR) is 548 cm³/mol. The molecule has 9 aliphatic rings. The number of hydrogen-bond acceptors (Lipinski definition) is 28. The molecule has 9 aliphatic heterocycles. The summed E-state index contributed by atoms with van der Waals surface area (Å²) < 4.78 is 234. The maximum atomic E-state index is 13.8. The van der Waals surface area contributed by atoms with Gasteiger partial charge in [0, 0.05) is 93.0 Å². The zero-order chi connectivity index (χ0) is 105. The Morgan fingerprint density at radius 1 is 0.318 bits per heavy atom. The maximum Gasteiger partial charge on any atom is 0.494 e. The van der Waals surface area contributed by atoms with Gasteiger partial charge in [-0.3, -0.25) is 0 Å². The smallest absolute Gasteiger partial charge is 0.423 e. The normalized spacial score (nSPS) is 20.2. The van der Waals surface area contributed by atoms with Gasteiger partial charge in [0.25, 0.3) is 0 Å². The Bertz CT molecular complexity index is 4960. The molecular formula is C106H144B7F7O28. The standard InChI is InChI=1S/C20H22BFO4.C18H28BFO4.C15H22BFO4.C14H18BFO4.C14H20BFO4.C13H18BFO4.C12H16BFO4/c22-17-9-10-18(16(12-17)13-24-20-8-4-5-11-23-20)21-25-14-19(26-21)15-6-2-1-3-7-15;1-13(2)23-19(24-14(3)4)17-9-8-16(20)11-15(17)12-22-18-7-5-6-10-21-18;1-3-18-12(2)19-11-13-10-14(17)6-7-15(13)16-20-8-4-5-9-21-16;16-12-4-5-13(15-19-7-8-20-15)11(9-12)10-18-14-3-1-2-6-17-14;1-17-15(18-2)13-7-6-12(16)9-11(13)10-20-14-5-3-4-8-19-14;1-17-14(16)12-6-5-11(15)8-10(12)9-19-13-4-2-3-7-18-13;14-10-4-5-11(13(15)16)9(7-10)8-18-12-3-1-2-6-17-12/h1-3,6-7,9-10,12,19-20H,4-5,8,11,13-14H2;8-9,11,13-14,18H,5-7,10,12H2,1-4H3;6-7,10,12H,3-5,8-9,11H2,1-2H3;4-5,9,14H,1-3,6-8,10H2;6-7,9,14H,3-5,8,10H2,1-2H3;5-6,8,13,16H,2-4,7,9H2,1H3;4-5,7,12,15-16H,1-3,6,8H2. The van der Waals surface area contributed by atoms with Gasteiger partial charge in [0.2, 0.25) is 0 Å². The summed E-state index contributed by atoms with van der Waals surface area (Å²) in [4.78, 5) is 0. The van der Waals surface area contributed by atoms with E-state index in [-0.39, 0.29) is 142 Å². The van der Waals surface area contributed by atoms with Crippen LogP contribution in [0, 0.1) is 40.7 Å². The van der Waals surface area contributed by atoms with Gasteiger partial charge >= 0.3 is 49.8 Å². The topological polar surface area (TPSA) is 291 Å². The van der Waals surface area contributed by atoms with E-state index in [1.165, 1.54) is 104 Å². The lowest BCUT2D eigenvalue weighted by Gasteiger charge is -2.25. The van der Waals surface area contributed by atoms with Gasteiger partial charge < -0.3 is 133 Å². The summed E-state index contributed by atoms with van der Waals surface area (Å²) in [5, 5.41) is 28.1. The van der Waals surface area contributed by atoms with Crippen molar-refractivity contribution in [2.45, 2.75) is 279 Å². The first-order valence-corrected chi connectivity index (χ1v) is 51.7. The van der Waals surface area contributed by atoms with E-state index in [4.69, 9.17) is 118 Å². The van der Waals surface area contributed by atoms with Crippen LogP contribution in [0.3, 0.4) is 0 Å². The molecule has 0 spiro atoms. The lowest BCUT2D eigenvalue weighted by Crippen LogP contribution is -2.43. The molecule has 17 rings (SSSR count). The molecule has 3 N–H and O–H groups in total. The van der Waals surface area contributed by atoms with E-state index in [1.807, 2.05) is 71.9 Å². The fourth-order valence-corrected chi connectivity index (χ4v) is 17.1.